The Morgan fingerprint density at radius 1 is 1.20 bits per heavy atom. The van der Waals surface area contributed by atoms with Crippen molar-refractivity contribution in [1.82, 2.24) is 29.4 Å². The van der Waals surface area contributed by atoms with E-state index in [1.165, 1.54) is 30.7 Å². The smallest absolute Gasteiger partial charge is 0.355 e. The fraction of sp³-hybridized carbons (Fsp3) is 0.310. The third-order valence-corrected chi connectivity index (χ3v) is 9.01. The van der Waals surface area contributed by atoms with Crippen LogP contribution in [0.15, 0.2) is 59.1 Å². The van der Waals surface area contributed by atoms with Crippen molar-refractivity contribution in [3.8, 4) is 17.1 Å². The molecule has 1 amide bonds. The highest BCUT2D eigenvalue weighted by molar-refractivity contribution is 7.90. The van der Waals surface area contributed by atoms with Crippen LogP contribution < -0.4 is 16.3 Å². The number of fused-ring (bicyclic) bond motifs is 1. The van der Waals surface area contributed by atoms with E-state index in [4.69, 9.17) is 10.5 Å². The molecule has 15 heteroatoms. The number of anilines is 2. The van der Waals surface area contributed by atoms with Gasteiger partial charge in [0.1, 0.15) is 23.5 Å². The Morgan fingerprint density at radius 3 is 2.61 bits per heavy atom. The van der Waals surface area contributed by atoms with E-state index in [-0.39, 0.29) is 62.4 Å². The van der Waals surface area contributed by atoms with Crippen LogP contribution in [0.2, 0.25) is 0 Å². The maximum Gasteiger partial charge on any atom is 0.355 e. The molecule has 2 aliphatic heterocycles. The maximum absolute atomic E-state index is 15.9. The number of sulfone groups is 1. The number of pyridine rings is 1. The van der Waals surface area contributed by atoms with Crippen LogP contribution in [0, 0.1) is 5.82 Å². The average Bonchev–Trinajstić information content (AvgIpc) is 2.95. The average molecular weight is 621 g/mol. The molecule has 0 radical (unpaired) electrons. The number of aromatic nitrogens is 5. The number of para-hydroxylation sites is 1. The lowest BCUT2D eigenvalue weighted by molar-refractivity contribution is -0.126. The lowest BCUT2D eigenvalue weighted by atomic mass is 9.95. The van der Waals surface area contributed by atoms with Crippen LogP contribution in [0.1, 0.15) is 18.4 Å². The third kappa shape index (κ3) is 4.97. The van der Waals surface area contributed by atoms with Gasteiger partial charge in [0.05, 0.1) is 41.1 Å². The largest absolute Gasteiger partial charge is 0.396 e. The number of benzene rings is 1. The summed E-state index contributed by atoms with van der Waals surface area (Å²) < 4.78 is 48.6. The molecular formula is C29H29FN8O5S. The van der Waals surface area contributed by atoms with Crippen molar-refractivity contribution in [2.75, 3.05) is 49.7 Å². The molecule has 3 aromatic heterocycles. The first-order valence-electron chi connectivity index (χ1n) is 13.8. The van der Waals surface area contributed by atoms with Gasteiger partial charge in [0.2, 0.25) is 5.91 Å². The van der Waals surface area contributed by atoms with Crippen LogP contribution in [-0.4, -0.2) is 88.9 Å². The number of piperazine rings is 1. The first-order chi connectivity index (χ1) is 21.0. The van der Waals surface area contributed by atoms with E-state index >= 15 is 4.39 Å². The Kier molecular flexibility index (Phi) is 7.37. The van der Waals surface area contributed by atoms with E-state index in [1.807, 2.05) is 11.8 Å². The zero-order valence-electron chi connectivity index (χ0n) is 24.0. The minimum Gasteiger partial charge on any atom is -0.396 e. The fourth-order valence-electron chi connectivity index (χ4n) is 5.65. The molecule has 228 valence electrons. The molecule has 5 heterocycles. The number of rotatable bonds is 6. The van der Waals surface area contributed by atoms with Gasteiger partial charge in [-0.2, -0.15) is 4.98 Å². The van der Waals surface area contributed by atoms with Gasteiger partial charge in [0.25, 0.3) is 0 Å². The number of hydrogen-bond donors (Lipinski definition) is 1. The quantitative estimate of drug-likeness (QED) is 0.312. The Bertz CT molecular complexity index is 2000. The van der Waals surface area contributed by atoms with Gasteiger partial charge < -0.3 is 20.3 Å². The van der Waals surface area contributed by atoms with Crippen molar-refractivity contribution >= 4 is 38.3 Å². The predicted molar refractivity (Wildman–Crippen MR) is 161 cm³/mol. The van der Waals surface area contributed by atoms with E-state index in [2.05, 4.69) is 26.5 Å². The van der Waals surface area contributed by atoms with Gasteiger partial charge in [-0.1, -0.05) is 18.7 Å². The standard InChI is InChI=1S/C29H29FN8O5S/c1-4-23(39)36-8-9-37(16(2)12-36)27-19-10-20(30)24(25-21(31)11-32-15-33-25)34-28(19)38(29(40)35-27)26-18(17-13-43-14-17)6-5-7-22(26)44(3,41)42/h4-7,10-11,15-17H,1,8-9,12-14,31H2,2-3H3/t16-/m0/s1. The monoisotopic (exact) mass is 620 g/mol. The van der Waals surface area contributed by atoms with Gasteiger partial charge in [0, 0.05) is 37.8 Å². The van der Waals surface area contributed by atoms with E-state index in [1.54, 1.807) is 17.0 Å². The van der Waals surface area contributed by atoms with Crippen molar-refractivity contribution in [3.05, 3.63) is 71.3 Å². The van der Waals surface area contributed by atoms with Gasteiger partial charge in [-0.25, -0.2) is 37.1 Å². The number of carbonyl (C=O) groups excluding carboxylic acids is 1. The third-order valence-electron chi connectivity index (χ3n) is 7.88. The number of halogens is 1. The lowest BCUT2D eigenvalue weighted by Crippen LogP contribution is -2.54. The molecule has 44 heavy (non-hydrogen) atoms. The molecule has 4 aromatic rings. The van der Waals surface area contributed by atoms with E-state index in [0.29, 0.717) is 38.4 Å². The van der Waals surface area contributed by atoms with Crippen LogP contribution in [0.5, 0.6) is 0 Å². The molecular weight excluding hydrogens is 591 g/mol. The molecule has 1 atom stereocenters. The molecule has 13 nitrogen and oxygen atoms in total. The van der Waals surface area contributed by atoms with Crippen LogP contribution >= 0.6 is 0 Å². The van der Waals surface area contributed by atoms with Gasteiger partial charge in [-0.05, 0) is 30.7 Å². The summed E-state index contributed by atoms with van der Waals surface area (Å²) in [7, 11) is -3.87. The fourth-order valence-corrected chi connectivity index (χ4v) is 6.54. The molecule has 2 fully saturated rings. The minimum absolute atomic E-state index is 0.00527. The second kappa shape index (κ2) is 11.1. The number of nitrogen functional groups attached to an aromatic ring is 1. The maximum atomic E-state index is 15.9. The van der Waals surface area contributed by atoms with Crippen LogP contribution in [0.25, 0.3) is 28.1 Å². The van der Waals surface area contributed by atoms with Crippen molar-refractivity contribution in [3.63, 3.8) is 0 Å². The number of ether oxygens (including phenoxy) is 1. The predicted octanol–water partition coefficient (Wildman–Crippen LogP) is 1.70. The molecule has 2 N–H and O–H groups in total. The van der Waals surface area contributed by atoms with Crippen molar-refractivity contribution in [2.24, 2.45) is 0 Å². The number of amides is 1. The molecule has 2 saturated heterocycles. The highest BCUT2D eigenvalue weighted by Crippen LogP contribution is 2.37. The zero-order valence-corrected chi connectivity index (χ0v) is 24.8. The SMILES string of the molecule is C=CC(=O)N1CCN(c2nc(=O)n(-c3c(C4COC4)cccc3S(C)(=O)=O)c3nc(-c4ncncc4N)c(F)cc23)[C@@H](C)C1. The second-order valence-electron chi connectivity index (χ2n) is 10.8. The van der Waals surface area contributed by atoms with E-state index < -0.39 is 21.3 Å². The molecule has 2 aliphatic rings. The summed E-state index contributed by atoms with van der Waals surface area (Å²) >= 11 is 0. The van der Waals surface area contributed by atoms with Crippen molar-refractivity contribution in [1.29, 1.82) is 0 Å². The van der Waals surface area contributed by atoms with E-state index in [9.17, 15) is 18.0 Å². The first-order valence-corrected chi connectivity index (χ1v) is 15.7. The summed E-state index contributed by atoms with van der Waals surface area (Å²) in [6.07, 6.45) is 4.79. The summed E-state index contributed by atoms with van der Waals surface area (Å²) in [5.74, 6) is -1.05. The summed E-state index contributed by atoms with van der Waals surface area (Å²) in [5, 5.41) is 0.160. The highest BCUT2D eigenvalue weighted by Gasteiger charge is 2.33. The summed E-state index contributed by atoms with van der Waals surface area (Å²) in [6.45, 7) is 6.98. The van der Waals surface area contributed by atoms with Gasteiger partial charge in [-0.15, -0.1) is 0 Å². The second-order valence-corrected chi connectivity index (χ2v) is 12.8. The minimum atomic E-state index is -3.87. The van der Waals surface area contributed by atoms with Crippen LogP contribution in [0.4, 0.5) is 15.9 Å². The molecule has 0 unspecified atom stereocenters. The summed E-state index contributed by atoms with van der Waals surface area (Å²) in [5.41, 5.74) is 5.66. The molecule has 0 spiro atoms. The zero-order chi connectivity index (χ0) is 31.3. The highest BCUT2D eigenvalue weighted by atomic mass is 32.2. The van der Waals surface area contributed by atoms with Gasteiger partial charge in [-0.3, -0.25) is 4.79 Å². The lowest BCUT2D eigenvalue weighted by Gasteiger charge is -2.40. The Balaban J connectivity index is 1.67. The molecule has 6 rings (SSSR count). The van der Waals surface area contributed by atoms with Crippen molar-refractivity contribution in [2.45, 2.75) is 23.8 Å². The van der Waals surface area contributed by atoms with Crippen LogP contribution in [-0.2, 0) is 19.4 Å². The molecule has 0 saturated carbocycles. The first kappa shape index (κ1) is 29.3. The Morgan fingerprint density at radius 2 is 1.98 bits per heavy atom. The Hall–Kier alpha value is -4.76. The molecule has 0 aliphatic carbocycles. The number of carbonyl (C=O) groups is 1. The molecule has 1 aromatic carbocycles. The van der Waals surface area contributed by atoms with Crippen molar-refractivity contribution < 1.29 is 22.3 Å². The number of hydrogen-bond acceptors (Lipinski definition) is 11. The normalized spacial score (nSPS) is 17.5. The van der Waals surface area contributed by atoms with E-state index in [0.717, 1.165) is 10.8 Å². The Labute approximate surface area is 251 Å². The topological polar surface area (TPSA) is 167 Å². The number of nitrogens with two attached hydrogens (primary N) is 1. The number of nitrogens with zero attached hydrogens (tertiary/aromatic N) is 7. The molecule has 0 bridgehead atoms. The summed E-state index contributed by atoms with van der Waals surface area (Å²) in [6, 6.07) is 5.62. The van der Waals surface area contributed by atoms with Crippen LogP contribution in [0.3, 0.4) is 0 Å². The van der Waals surface area contributed by atoms with Gasteiger partial charge in [0.15, 0.2) is 21.3 Å². The summed E-state index contributed by atoms with van der Waals surface area (Å²) in [4.78, 5) is 46.7. The van der Waals surface area contributed by atoms with Gasteiger partial charge >= 0.3 is 5.69 Å².